The molecule has 1 N–H and O–H groups in total. The Hall–Kier alpha value is -1.06. The van der Waals surface area contributed by atoms with E-state index in [9.17, 15) is 0 Å². The number of hydrogen-bond acceptors (Lipinski definition) is 3. The highest BCUT2D eigenvalue weighted by Gasteiger charge is 2.18. The Morgan fingerprint density at radius 1 is 1.32 bits per heavy atom. The van der Waals surface area contributed by atoms with Gasteiger partial charge < -0.3 is 10.1 Å². The average molecular weight is 264 g/mol. The van der Waals surface area contributed by atoms with E-state index in [1.165, 1.54) is 5.56 Å². The van der Waals surface area contributed by atoms with Crippen LogP contribution >= 0.6 is 0 Å². The molecule has 3 heteroatoms. The first-order valence-corrected chi connectivity index (χ1v) is 7.12. The van der Waals surface area contributed by atoms with Gasteiger partial charge in [0.1, 0.15) is 5.75 Å². The second-order valence-corrected chi connectivity index (χ2v) is 5.15. The molecule has 1 aromatic rings. The van der Waals surface area contributed by atoms with Gasteiger partial charge in [-0.3, -0.25) is 4.90 Å². The van der Waals surface area contributed by atoms with E-state index in [-0.39, 0.29) is 0 Å². The molecular formula is C16H28N2O. The van der Waals surface area contributed by atoms with Gasteiger partial charge in [0.25, 0.3) is 0 Å². The molecule has 0 heterocycles. The van der Waals surface area contributed by atoms with Crippen LogP contribution in [0, 0.1) is 0 Å². The van der Waals surface area contributed by atoms with Gasteiger partial charge in [0, 0.05) is 18.6 Å². The van der Waals surface area contributed by atoms with Crippen molar-refractivity contribution in [1.82, 2.24) is 10.2 Å². The van der Waals surface area contributed by atoms with E-state index in [4.69, 9.17) is 4.74 Å². The number of benzene rings is 1. The maximum atomic E-state index is 5.43. The monoisotopic (exact) mass is 264 g/mol. The third-order valence-electron chi connectivity index (χ3n) is 3.89. The van der Waals surface area contributed by atoms with Crippen molar-refractivity contribution in [2.24, 2.45) is 0 Å². The van der Waals surface area contributed by atoms with Gasteiger partial charge in [-0.05, 0) is 45.5 Å². The lowest BCUT2D eigenvalue weighted by Crippen LogP contribution is -2.44. The van der Waals surface area contributed by atoms with Gasteiger partial charge in [0.2, 0.25) is 0 Å². The van der Waals surface area contributed by atoms with Crippen LogP contribution in [0.2, 0.25) is 0 Å². The van der Waals surface area contributed by atoms with Crippen LogP contribution in [-0.2, 0) is 6.42 Å². The van der Waals surface area contributed by atoms with E-state index >= 15 is 0 Å². The Labute approximate surface area is 118 Å². The molecule has 0 radical (unpaired) electrons. The summed E-state index contributed by atoms with van der Waals surface area (Å²) >= 11 is 0. The quantitative estimate of drug-likeness (QED) is 0.781. The highest BCUT2D eigenvalue weighted by atomic mass is 16.5. The van der Waals surface area contributed by atoms with Crippen molar-refractivity contribution in [3.63, 3.8) is 0 Å². The number of nitrogens with one attached hydrogen (secondary N) is 1. The third kappa shape index (κ3) is 4.51. The summed E-state index contributed by atoms with van der Waals surface area (Å²) in [6.07, 6.45) is 2.17. The summed E-state index contributed by atoms with van der Waals surface area (Å²) in [6, 6.07) is 9.36. The minimum Gasteiger partial charge on any atom is -0.496 e. The molecular weight excluding hydrogens is 236 g/mol. The third-order valence-corrected chi connectivity index (χ3v) is 3.89. The van der Waals surface area contributed by atoms with Crippen molar-refractivity contribution < 1.29 is 4.74 Å². The van der Waals surface area contributed by atoms with Gasteiger partial charge in [0.15, 0.2) is 0 Å². The fourth-order valence-corrected chi connectivity index (χ4v) is 2.51. The average Bonchev–Trinajstić information content (AvgIpc) is 2.44. The van der Waals surface area contributed by atoms with Crippen LogP contribution in [0.3, 0.4) is 0 Å². The molecule has 1 rings (SSSR count). The number of nitrogens with zero attached hydrogens (tertiary/aromatic N) is 1. The van der Waals surface area contributed by atoms with Crippen LogP contribution in [-0.4, -0.2) is 44.7 Å². The first-order chi connectivity index (χ1) is 9.13. The predicted octanol–water partition coefficient (Wildman–Crippen LogP) is 2.56. The molecule has 0 saturated heterocycles. The minimum absolute atomic E-state index is 0.495. The second-order valence-electron chi connectivity index (χ2n) is 5.15. The smallest absolute Gasteiger partial charge is 0.122 e. The molecule has 0 aliphatic rings. The Balaban J connectivity index is 2.69. The summed E-state index contributed by atoms with van der Waals surface area (Å²) in [6.45, 7) is 5.56. The van der Waals surface area contributed by atoms with Gasteiger partial charge >= 0.3 is 0 Å². The number of para-hydroxylation sites is 1. The predicted molar refractivity (Wildman–Crippen MR) is 81.9 cm³/mol. The van der Waals surface area contributed by atoms with Crippen LogP contribution in [0.15, 0.2) is 24.3 Å². The Morgan fingerprint density at radius 2 is 2.00 bits per heavy atom. The van der Waals surface area contributed by atoms with E-state index in [0.717, 1.165) is 25.1 Å². The number of hydrogen-bond donors (Lipinski definition) is 1. The van der Waals surface area contributed by atoms with Crippen molar-refractivity contribution in [2.45, 2.75) is 38.8 Å². The highest BCUT2D eigenvalue weighted by Crippen LogP contribution is 2.21. The van der Waals surface area contributed by atoms with Gasteiger partial charge in [-0.15, -0.1) is 0 Å². The van der Waals surface area contributed by atoms with Crippen LogP contribution < -0.4 is 10.1 Å². The zero-order valence-electron chi connectivity index (χ0n) is 12.9. The largest absolute Gasteiger partial charge is 0.496 e. The molecule has 0 amide bonds. The zero-order valence-corrected chi connectivity index (χ0v) is 12.9. The molecule has 0 aromatic heterocycles. The Morgan fingerprint density at radius 3 is 2.58 bits per heavy atom. The Bertz CT molecular complexity index is 368. The molecule has 2 unspecified atom stereocenters. The van der Waals surface area contributed by atoms with E-state index in [2.05, 4.69) is 43.2 Å². The zero-order chi connectivity index (χ0) is 14.3. The molecule has 0 aliphatic heterocycles. The van der Waals surface area contributed by atoms with E-state index in [1.54, 1.807) is 7.11 Å². The summed E-state index contributed by atoms with van der Waals surface area (Å²) < 4.78 is 5.43. The fourth-order valence-electron chi connectivity index (χ4n) is 2.51. The van der Waals surface area contributed by atoms with E-state index in [0.29, 0.717) is 12.1 Å². The van der Waals surface area contributed by atoms with Crippen molar-refractivity contribution in [1.29, 1.82) is 0 Å². The first-order valence-electron chi connectivity index (χ1n) is 7.12. The molecule has 19 heavy (non-hydrogen) atoms. The number of likely N-dealkylation sites (N-methyl/N-ethyl adjacent to an activating group) is 2. The standard InChI is InChI=1S/C16H28N2O/c1-6-15(12-17-3)18(4)13(2)11-14-9-7-8-10-16(14)19-5/h7-10,13,15,17H,6,11-12H2,1-5H3. The molecule has 1 aromatic carbocycles. The van der Waals surface area contributed by atoms with Crippen LogP contribution in [0.4, 0.5) is 0 Å². The van der Waals surface area contributed by atoms with Gasteiger partial charge in [-0.2, -0.15) is 0 Å². The van der Waals surface area contributed by atoms with E-state index < -0.39 is 0 Å². The molecule has 0 bridgehead atoms. The summed E-state index contributed by atoms with van der Waals surface area (Å²) in [5, 5.41) is 3.27. The number of methoxy groups -OCH3 is 1. The molecule has 2 atom stereocenters. The lowest BCUT2D eigenvalue weighted by Gasteiger charge is -2.33. The number of rotatable bonds is 8. The second kappa shape index (κ2) is 8.18. The maximum absolute atomic E-state index is 5.43. The molecule has 3 nitrogen and oxygen atoms in total. The van der Waals surface area contributed by atoms with Crippen LogP contribution in [0.1, 0.15) is 25.8 Å². The highest BCUT2D eigenvalue weighted by molar-refractivity contribution is 5.33. The van der Waals surface area contributed by atoms with Crippen molar-refractivity contribution >= 4 is 0 Å². The fraction of sp³-hybridized carbons (Fsp3) is 0.625. The lowest BCUT2D eigenvalue weighted by atomic mass is 10.0. The van der Waals surface area contributed by atoms with Crippen molar-refractivity contribution in [2.75, 3.05) is 27.7 Å². The topological polar surface area (TPSA) is 24.5 Å². The summed E-state index contributed by atoms with van der Waals surface area (Å²) in [7, 11) is 5.97. The van der Waals surface area contributed by atoms with Gasteiger partial charge in [0.05, 0.1) is 7.11 Å². The normalized spacial score (nSPS) is 14.4. The van der Waals surface area contributed by atoms with Crippen molar-refractivity contribution in [3.05, 3.63) is 29.8 Å². The molecule has 0 fully saturated rings. The van der Waals surface area contributed by atoms with Gasteiger partial charge in [-0.1, -0.05) is 25.1 Å². The summed E-state index contributed by atoms with van der Waals surface area (Å²) in [5.41, 5.74) is 1.28. The molecule has 0 saturated carbocycles. The minimum atomic E-state index is 0.495. The molecule has 0 aliphatic carbocycles. The number of ether oxygens (including phenoxy) is 1. The van der Waals surface area contributed by atoms with Crippen molar-refractivity contribution in [3.8, 4) is 5.75 Å². The maximum Gasteiger partial charge on any atom is 0.122 e. The lowest BCUT2D eigenvalue weighted by molar-refractivity contribution is 0.175. The van der Waals surface area contributed by atoms with E-state index in [1.807, 2.05) is 19.2 Å². The van der Waals surface area contributed by atoms with Crippen LogP contribution in [0.5, 0.6) is 5.75 Å². The molecule has 0 spiro atoms. The molecule has 108 valence electrons. The SMILES string of the molecule is CCC(CNC)N(C)C(C)Cc1ccccc1OC. The Kier molecular flexibility index (Phi) is 6.89. The summed E-state index contributed by atoms with van der Waals surface area (Å²) in [4.78, 5) is 2.46. The van der Waals surface area contributed by atoms with Gasteiger partial charge in [-0.25, -0.2) is 0 Å². The van der Waals surface area contributed by atoms with Crippen LogP contribution in [0.25, 0.3) is 0 Å². The summed E-state index contributed by atoms with van der Waals surface area (Å²) in [5.74, 6) is 0.990. The first kappa shape index (κ1) is 16.0.